The maximum atomic E-state index is 9.25. The first-order chi connectivity index (χ1) is 18.7. The van der Waals surface area contributed by atoms with Crippen LogP contribution in [0.5, 0.6) is 0 Å². The molecule has 4 aromatic carbocycles. The van der Waals surface area contributed by atoms with E-state index >= 15 is 0 Å². The molecule has 4 heteroatoms. The van der Waals surface area contributed by atoms with E-state index in [0.29, 0.717) is 12.1 Å². The predicted molar refractivity (Wildman–Crippen MR) is 154 cm³/mol. The lowest BCUT2D eigenvalue weighted by Gasteiger charge is -2.14. The molecule has 0 unspecified atom stereocenters. The normalized spacial score (nSPS) is 11.4. The zero-order valence-corrected chi connectivity index (χ0v) is 20.7. The first-order valence-corrected chi connectivity index (χ1v) is 12.3. The van der Waals surface area contributed by atoms with Crippen molar-refractivity contribution in [2.75, 3.05) is 0 Å². The van der Waals surface area contributed by atoms with Crippen LogP contribution < -0.4 is 5.73 Å². The summed E-state index contributed by atoms with van der Waals surface area (Å²) in [6, 6.07) is 37.5. The van der Waals surface area contributed by atoms with Crippen LogP contribution >= 0.6 is 0 Å². The third-order valence-electron chi connectivity index (χ3n) is 6.50. The number of nitriles is 2. The zero-order valence-electron chi connectivity index (χ0n) is 20.7. The molecule has 1 aromatic heterocycles. The highest BCUT2D eigenvalue weighted by Gasteiger charge is 2.11. The zero-order chi connectivity index (χ0) is 26.3. The van der Waals surface area contributed by atoms with Gasteiger partial charge < -0.3 is 5.73 Å². The highest BCUT2D eigenvalue weighted by molar-refractivity contribution is 6.05. The van der Waals surface area contributed by atoms with Gasteiger partial charge in [0.15, 0.2) is 0 Å². The van der Waals surface area contributed by atoms with Gasteiger partial charge in [-0.3, -0.25) is 0 Å². The van der Waals surface area contributed by atoms with Gasteiger partial charge in [0.05, 0.1) is 12.5 Å². The van der Waals surface area contributed by atoms with Crippen LogP contribution in [0.15, 0.2) is 122 Å². The van der Waals surface area contributed by atoms with Crippen molar-refractivity contribution in [3.8, 4) is 45.5 Å². The summed E-state index contributed by atoms with van der Waals surface area (Å²) in [6.07, 6.45) is 7.20. The van der Waals surface area contributed by atoms with Crippen molar-refractivity contribution in [2.45, 2.75) is 6.42 Å². The molecule has 5 aromatic rings. The number of nitrogens with two attached hydrogens (primary N) is 1. The molecule has 1 heterocycles. The van der Waals surface area contributed by atoms with E-state index in [1.807, 2.05) is 42.5 Å². The Morgan fingerprint density at radius 2 is 1.39 bits per heavy atom. The summed E-state index contributed by atoms with van der Waals surface area (Å²) < 4.78 is 0. The number of aromatic nitrogens is 1. The third-order valence-corrected chi connectivity index (χ3v) is 6.50. The molecule has 0 spiro atoms. The van der Waals surface area contributed by atoms with Gasteiger partial charge in [-0.1, -0.05) is 78.9 Å². The number of fused-ring (bicyclic) bond motifs is 1. The average Bonchev–Trinajstić information content (AvgIpc) is 2.99. The first-order valence-electron chi connectivity index (χ1n) is 12.3. The molecule has 4 nitrogen and oxygen atoms in total. The van der Waals surface area contributed by atoms with Crippen molar-refractivity contribution in [3.05, 3.63) is 133 Å². The third kappa shape index (κ3) is 4.93. The number of nitrogens with zero attached hydrogens (tertiary/aromatic N) is 3. The maximum Gasteiger partial charge on any atom is 0.141 e. The monoisotopic (exact) mass is 488 g/mol. The number of rotatable bonds is 6. The van der Waals surface area contributed by atoms with E-state index in [4.69, 9.17) is 11.0 Å². The molecule has 0 aliphatic carbocycles. The lowest BCUT2D eigenvalue weighted by atomic mass is 9.90. The number of allylic oxidation sites excluding steroid dienone is 3. The predicted octanol–water partition coefficient (Wildman–Crippen LogP) is 7.88. The summed E-state index contributed by atoms with van der Waals surface area (Å²) in [5.41, 5.74) is 14.5. The summed E-state index contributed by atoms with van der Waals surface area (Å²) in [5.74, 6) is 0. The van der Waals surface area contributed by atoms with Crippen LogP contribution in [0.1, 0.15) is 17.7 Å². The topological polar surface area (TPSA) is 86.5 Å². The first kappa shape index (κ1) is 24.3. The van der Waals surface area contributed by atoms with Crippen LogP contribution in [-0.4, -0.2) is 4.98 Å². The van der Waals surface area contributed by atoms with Crippen molar-refractivity contribution in [3.63, 3.8) is 0 Å². The molecule has 0 aliphatic rings. The lowest BCUT2D eigenvalue weighted by Crippen LogP contribution is -1.89. The molecule has 0 saturated heterocycles. The number of hydrogen-bond donors (Lipinski definition) is 1. The molecular formula is C34H24N4. The highest BCUT2D eigenvalue weighted by Crippen LogP contribution is 2.37. The van der Waals surface area contributed by atoms with Gasteiger partial charge in [0.2, 0.25) is 0 Å². The maximum absolute atomic E-state index is 9.25. The fourth-order valence-electron chi connectivity index (χ4n) is 4.75. The van der Waals surface area contributed by atoms with E-state index in [9.17, 15) is 5.26 Å². The Morgan fingerprint density at radius 1 is 0.737 bits per heavy atom. The second-order valence-corrected chi connectivity index (χ2v) is 8.79. The van der Waals surface area contributed by atoms with Gasteiger partial charge in [-0.15, -0.1) is 0 Å². The fourth-order valence-corrected chi connectivity index (χ4v) is 4.75. The van der Waals surface area contributed by atoms with Crippen molar-refractivity contribution in [1.82, 2.24) is 4.98 Å². The van der Waals surface area contributed by atoms with Crippen molar-refractivity contribution < 1.29 is 0 Å². The van der Waals surface area contributed by atoms with E-state index in [0.717, 1.165) is 55.3 Å². The molecule has 2 N–H and O–H groups in total. The van der Waals surface area contributed by atoms with E-state index in [1.165, 1.54) is 6.20 Å². The van der Waals surface area contributed by atoms with E-state index in [-0.39, 0.29) is 0 Å². The summed E-state index contributed by atoms with van der Waals surface area (Å²) in [6.45, 7) is 0. The lowest BCUT2D eigenvalue weighted by molar-refractivity contribution is 1.26. The van der Waals surface area contributed by atoms with Gasteiger partial charge in [-0.25, -0.2) is 4.98 Å². The SMILES string of the molecule is N#CC/C=C(\C=C/N)c1cccc(-c2ccc(-c3cccc(-c4ccnc(C#N)c4)c3)c3ccccc23)c1. The minimum atomic E-state index is 0.317. The average molecular weight is 489 g/mol. The standard InChI is InChI=1S/C34H24N4/c35-17-5-10-24(15-18-36)25-6-3-8-28(20-25)31-13-14-32(34-12-2-1-11-33(31)34)29-9-4-7-26(21-29)27-16-19-38-30(22-27)23-37/h1-4,6-16,18-22H,5,36H2/b18-15-,24-10+. The van der Waals surface area contributed by atoms with E-state index in [2.05, 4.69) is 83.9 Å². The molecule has 5 rings (SSSR count). The Bertz CT molecular complexity index is 1780. The molecule has 0 saturated carbocycles. The summed E-state index contributed by atoms with van der Waals surface area (Å²) in [4.78, 5) is 4.10. The van der Waals surface area contributed by atoms with Crippen LogP contribution in [0.4, 0.5) is 0 Å². The van der Waals surface area contributed by atoms with Gasteiger partial charge in [-0.05, 0) is 91.8 Å². The van der Waals surface area contributed by atoms with Crippen LogP contribution in [0, 0.1) is 22.7 Å². The Hall–Kier alpha value is -5.45. The van der Waals surface area contributed by atoms with Crippen LogP contribution in [0.3, 0.4) is 0 Å². The molecular weight excluding hydrogens is 464 g/mol. The highest BCUT2D eigenvalue weighted by atomic mass is 14.7. The summed E-state index contributed by atoms with van der Waals surface area (Å²) in [7, 11) is 0. The quantitative estimate of drug-likeness (QED) is 0.246. The molecule has 180 valence electrons. The largest absolute Gasteiger partial charge is 0.405 e. The number of benzene rings is 4. The molecule has 0 aliphatic heterocycles. The van der Waals surface area contributed by atoms with Gasteiger partial charge in [0, 0.05) is 6.20 Å². The van der Waals surface area contributed by atoms with Gasteiger partial charge >= 0.3 is 0 Å². The molecule has 38 heavy (non-hydrogen) atoms. The molecule has 0 amide bonds. The van der Waals surface area contributed by atoms with Gasteiger partial charge in [0.25, 0.3) is 0 Å². The minimum Gasteiger partial charge on any atom is -0.405 e. The van der Waals surface area contributed by atoms with Crippen LogP contribution in [-0.2, 0) is 0 Å². The molecule has 0 radical (unpaired) electrons. The Kier molecular flexibility index (Phi) is 7.07. The smallest absolute Gasteiger partial charge is 0.141 e. The summed E-state index contributed by atoms with van der Waals surface area (Å²) >= 11 is 0. The minimum absolute atomic E-state index is 0.317. The van der Waals surface area contributed by atoms with E-state index in [1.54, 1.807) is 6.20 Å². The van der Waals surface area contributed by atoms with E-state index < -0.39 is 0 Å². The van der Waals surface area contributed by atoms with Crippen molar-refractivity contribution in [1.29, 1.82) is 10.5 Å². The van der Waals surface area contributed by atoms with Crippen LogP contribution in [0.25, 0.3) is 49.7 Å². The second kappa shape index (κ2) is 11.1. The molecule has 0 fully saturated rings. The van der Waals surface area contributed by atoms with Gasteiger partial charge in [-0.2, -0.15) is 10.5 Å². The Balaban J connectivity index is 1.61. The molecule has 0 bridgehead atoms. The Labute approximate surface area is 222 Å². The van der Waals surface area contributed by atoms with Crippen molar-refractivity contribution in [2.24, 2.45) is 5.73 Å². The van der Waals surface area contributed by atoms with Crippen molar-refractivity contribution >= 4 is 16.3 Å². The van der Waals surface area contributed by atoms with Gasteiger partial charge in [0.1, 0.15) is 11.8 Å². The second-order valence-electron chi connectivity index (χ2n) is 8.79. The Morgan fingerprint density at radius 3 is 2.08 bits per heavy atom. The number of hydrogen-bond acceptors (Lipinski definition) is 4. The number of pyridine rings is 1. The molecule has 0 atom stereocenters. The fraction of sp³-hybridized carbons (Fsp3) is 0.0294. The van der Waals surface area contributed by atoms with Crippen LogP contribution in [0.2, 0.25) is 0 Å². The summed E-state index contributed by atoms with van der Waals surface area (Å²) in [5, 5.41) is 20.6.